The fourth-order valence-electron chi connectivity index (χ4n) is 1.74. The first-order valence-electron chi connectivity index (χ1n) is 5.77. The van der Waals surface area contributed by atoms with Gasteiger partial charge < -0.3 is 5.11 Å². The summed E-state index contributed by atoms with van der Waals surface area (Å²) < 4.78 is 26.8. The van der Waals surface area contributed by atoms with E-state index in [1.165, 1.54) is 0 Å². The van der Waals surface area contributed by atoms with Crippen LogP contribution in [-0.4, -0.2) is 25.7 Å². The van der Waals surface area contributed by atoms with Gasteiger partial charge in [-0.25, -0.2) is 13.1 Å². The second-order valence-corrected chi connectivity index (χ2v) is 6.24. The van der Waals surface area contributed by atoms with E-state index >= 15 is 0 Å². The second kappa shape index (κ2) is 4.76. The summed E-state index contributed by atoms with van der Waals surface area (Å²) in [6, 6.07) is 6.91. The first-order valence-corrected chi connectivity index (χ1v) is 7.25. The van der Waals surface area contributed by atoms with Gasteiger partial charge in [0.2, 0.25) is 10.0 Å². The van der Waals surface area contributed by atoms with Gasteiger partial charge in [-0.15, -0.1) is 0 Å². The zero-order chi connectivity index (χ0) is 12.5. The molecule has 1 atom stereocenters. The maximum Gasteiger partial charge on any atom is 0.241 e. The van der Waals surface area contributed by atoms with Crippen LogP contribution in [0.3, 0.4) is 0 Å². The molecule has 1 aliphatic carbocycles. The monoisotopic (exact) mass is 255 g/mol. The van der Waals surface area contributed by atoms with Gasteiger partial charge in [-0.3, -0.25) is 0 Å². The molecule has 17 heavy (non-hydrogen) atoms. The predicted octanol–water partition coefficient (Wildman–Crippen LogP) is 1.05. The van der Waals surface area contributed by atoms with Gasteiger partial charge in [0.05, 0.1) is 11.0 Å². The summed E-state index contributed by atoms with van der Waals surface area (Å²) in [5.74, 6) is 0. The van der Waals surface area contributed by atoms with E-state index < -0.39 is 16.1 Å². The molecule has 2 rings (SSSR count). The molecule has 1 fully saturated rings. The molecule has 1 aliphatic rings. The molecule has 94 valence electrons. The molecule has 0 aliphatic heterocycles. The smallest absolute Gasteiger partial charge is 0.241 e. The Balaban J connectivity index is 2.29. The van der Waals surface area contributed by atoms with Gasteiger partial charge in [-0.05, 0) is 37.8 Å². The molecule has 4 nitrogen and oxygen atoms in total. The Hall–Kier alpha value is -0.910. The number of sulfonamides is 1. The number of hydrogen-bond donors (Lipinski definition) is 2. The van der Waals surface area contributed by atoms with Crippen LogP contribution in [-0.2, 0) is 16.4 Å². The van der Waals surface area contributed by atoms with Crippen molar-refractivity contribution in [3.8, 4) is 0 Å². The number of nitrogens with one attached hydrogen (secondary N) is 1. The lowest BCUT2D eigenvalue weighted by atomic mass is 10.1. The second-order valence-electron chi connectivity index (χ2n) is 4.56. The molecule has 0 aromatic heterocycles. The molecule has 1 saturated carbocycles. The molecule has 0 radical (unpaired) electrons. The van der Waals surface area contributed by atoms with Crippen molar-refractivity contribution >= 4 is 10.0 Å². The lowest BCUT2D eigenvalue weighted by molar-refractivity contribution is 0.194. The molecule has 1 unspecified atom stereocenters. The van der Waals surface area contributed by atoms with Crippen molar-refractivity contribution in [1.82, 2.24) is 4.72 Å². The highest BCUT2D eigenvalue weighted by atomic mass is 32.2. The first kappa shape index (κ1) is 12.5. The summed E-state index contributed by atoms with van der Waals surface area (Å²) in [6.07, 6.45) is 1.63. The highest BCUT2D eigenvalue weighted by Gasteiger charge is 2.29. The lowest BCUT2D eigenvalue weighted by Crippen LogP contribution is -2.27. The van der Waals surface area contributed by atoms with Crippen LogP contribution >= 0.6 is 0 Å². The summed E-state index contributed by atoms with van der Waals surface area (Å²) >= 11 is 0. The molecular formula is C12H17NO3S. The van der Waals surface area contributed by atoms with Crippen LogP contribution in [0.5, 0.6) is 0 Å². The van der Waals surface area contributed by atoms with Crippen LogP contribution in [0.2, 0.25) is 0 Å². The molecule has 0 bridgehead atoms. The van der Waals surface area contributed by atoms with E-state index in [1.54, 1.807) is 31.2 Å². The van der Waals surface area contributed by atoms with Crippen molar-refractivity contribution in [2.45, 2.75) is 43.2 Å². The standard InChI is InChI=1S/C12H17NO3S/c1-9(14)8-10-4-2-3-5-12(10)17(15,16)13-11-6-7-11/h2-5,9,11,13-14H,6-8H2,1H3. The van der Waals surface area contributed by atoms with E-state index in [1.807, 2.05) is 0 Å². The Kier molecular flexibility index (Phi) is 3.51. The third-order valence-electron chi connectivity index (χ3n) is 2.68. The Morgan fingerprint density at radius 2 is 2.06 bits per heavy atom. The number of benzene rings is 1. The third-order valence-corrected chi connectivity index (χ3v) is 4.30. The summed E-state index contributed by atoms with van der Waals surface area (Å²) in [5.41, 5.74) is 0.663. The molecule has 0 heterocycles. The molecular weight excluding hydrogens is 238 g/mol. The highest BCUT2D eigenvalue weighted by Crippen LogP contribution is 2.24. The normalized spacial score (nSPS) is 18.0. The molecule has 1 aromatic carbocycles. The van der Waals surface area contributed by atoms with Crippen molar-refractivity contribution in [2.24, 2.45) is 0 Å². The zero-order valence-electron chi connectivity index (χ0n) is 9.76. The average molecular weight is 255 g/mol. The van der Waals surface area contributed by atoms with E-state index in [9.17, 15) is 13.5 Å². The van der Waals surface area contributed by atoms with Crippen molar-refractivity contribution in [3.63, 3.8) is 0 Å². The van der Waals surface area contributed by atoms with Crippen LogP contribution in [0.25, 0.3) is 0 Å². The van der Waals surface area contributed by atoms with Crippen molar-refractivity contribution < 1.29 is 13.5 Å². The summed E-state index contributed by atoms with van der Waals surface area (Å²) in [6.45, 7) is 1.65. The van der Waals surface area contributed by atoms with Gasteiger partial charge in [-0.1, -0.05) is 18.2 Å². The predicted molar refractivity (Wildman–Crippen MR) is 65.2 cm³/mol. The Morgan fingerprint density at radius 1 is 1.41 bits per heavy atom. The largest absolute Gasteiger partial charge is 0.393 e. The summed E-state index contributed by atoms with van der Waals surface area (Å²) in [5, 5.41) is 9.37. The molecule has 0 spiro atoms. The van der Waals surface area contributed by atoms with Gasteiger partial charge in [0, 0.05) is 6.04 Å². The van der Waals surface area contributed by atoms with Gasteiger partial charge >= 0.3 is 0 Å². The first-order chi connectivity index (χ1) is 7.99. The number of aliphatic hydroxyl groups is 1. The molecule has 5 heteroatoms. The molecule has 1 aromatic rings. The van der Waals surface area contributed by atoms with Crippen LogP contribution in [0.15, 0.2) is 29.2 Å². The Bertz CT molecular complexity index is 492. The van der Waals surface area contributed by atoms with Crippen LogP contribution < -0.4 is 4.72 Å². The third kappa shape index (κ3) is 3.28. The Morgan fingerprint density at radius 3 is 2.65 bits per heavy atom. The minimum absolute atomic E-state index is 0.0969. The van der Waals surface area contributed by atoms with Gasteiger partial charge in [0.1, 0.15) is 0 Å². The molecule has 0 saturated heterocycles. The van der Waals surface area contributed by atoms with Crippen molar-refractivity contribution in [1.29, 1.82) is 0 Å². The maximum absolute atomic E-state index is 12.1. The average Bonchev–Trinajstić information content (AvgIpc) is 3.00. The topological polar surface area (TPSA) is 66.4 Å². The number of rotatable bonds is 5. The van der Waals surface area contributed by atoms with Crippen LogP contribution in [0.4, 0.5) is 0 Å². The number of hydrogen-bond acceptors (Lipinski definition) is 3. The van der Waals surface area contributed by atoms with Gasteiger partial charge in [0.25, 0.3) is 0 Å². The maximum atomic E-state index is 12.1. The van der Waals surface area contributed by atoms with E-state index in [0.29, 0.717) is 12.0 Å². The van der Waals surface area contributed by atoms with E-state index in [-0.39, 0.29) is 10.9 Å². The molecule has 2 N–H and O–H groups in total. The molecule has 0 amide bonds. The van der Waals surface area contributed by atoms with Crippen molar-refractivity contribution in [2.75, 3.05) is 0 Å². The fraction of sp³-hybridized carbons (Fsp3) is 0.500. The van der Waals surface area contributed by atoms with Crippen LogP contribution in [0.1, 0.15) is 25.3 Å². The van der Waals surface area contributed by atoms with E-state index in [0.717, 1.165) is 12.8 Å². The van der Waals surface area contributed by atoms with Gasteiger partial charge in [0.15, 0.2) is 0 Å². The van der Waals surface area contributed by atoms with Gasteiger partial charge in [-0.2, -0.15) is 0 Å². The summed E-state index contributed by atoms with van der Waals surface area (Å²) in [4.78, 5) is 0.285. The lowest BCUT2D eigenvalue weighted by Gasteiger charge is -2.12. The fourth-order valence-corrected chi connectivity index (χ4v) is 3.29. The van der Waals surface area contributed by atoms with E-state index in [2.05, 4.69) is 4.72 Å². The van der Waals surface area contributed by atoms with E-state index in [4.69, 9.17) is 0 Å². The Labute approximate surface area is 102 Å². The number of aliphatic hydroxyl groups excluding tert-OH is 1. The minimum atomic E-state index is -3.43. The zero-order valence-corrected chi connectivity index (χ0v) is 10.6. The quantitative estimate of drug-likeness (QED) is 0.826. The van der Waals surface area contributed by atoms with Crippen LogP contribution in [0, 0.1) is 0 Å². The minimum Gasteiger partial charge on any atom is -0.393 e. The van der Waals surface area contributed by atoms with Crippen molar-refractivity contribution in [3.05, 3.63) is 29.8 Å². The highest BCUT2D eigenvalue weighted by molar-refractivity contribution is 7.89. The summed E-state index contributed by atoms with van der Waals surface area (Å²) in [7, 11) is -3.43. The SMILES string of the molecule is CC(O)Cc1ccccc1S(=O)(=O)NC1CC1.